The molecule has 1 aromatic rings. The van der Waals surface area contributed by atoms with Crippen molar-refractivity contribution in [3.05, 3.63) is 29.8 Å². The van der Waals surface area contributed by atoms with E-state index < -0.39 is 17.9 Å². The van der Waals surface area contributed by atoms with Crippen LogP contribution in [0.15, 0.2) is 24.3 Å². The van der Waals surface area contributed by atoms with Crippen LogP contribution in [0.1, 0.15) is 12.5 Å². The van der Waals surface area contributed by atoms with Crippen LogP contribution in [0.2, 0.25) is 0 Å². The number of carbonyl (C=O) groups excluding carboxylic acids is 1. The molecule has 4 N–H and O–H groups in total. The van der Waals surface area contributed by atoms with Crippen molar-refractivity contribution in [1.29, 1.82) is 0 Å². The Kier molecular flexibility index (Phi) is 4.06. The van der Waals surface area contributed by atoms with E-state index >= 15 is 0 Å². The molecule has 1 aromatic carbocycles. The molecule has 0 aliphatic rings. The van der Waals surface area contributed by atoms with Gasteiger partial charge in [0, 0.05) is 13.3 Å². The van der Waals surface area contributed by atoms with Gasteiger partial charge in [0.05, 0.1) is 0 Å². The summed E-state index contributed by atoms with van der Waals surface area (Å²) >= 11 is 0. The minimum absolute atomic E-state index is 0.0398. The molecule has 0 saturated carbocycles. The third-order valence-corrected chi connectivity index (χ3v) is 2.32. The summed E-state index contributed by atoms with van der Waals surface area (Å²) in [4.78, 5) is 22.0. The normalized spacial score (nSPS) is 11.9. The van der Waals surface area contributed by atoms with Gasteiger partial charge in [-0.2, -0.15) is 0 Å². The molecule has 0 fully saturated rings. The smallest absolute Gasteiger partial charge is 0.328 e. The van der Waals surface area contributed by atoms with Crippen molar-refractivity contribution >= 4 is 11.9 Å². The van der Waals surface area contributed by atoms with E-state index in [0.29, 0.717) is 10.6 Å². The van der Waals surface area contributed by atoms with Crippen LogP contribution in [0.3, 0.4) is 0 Å². The molecule has 1 amide bonds. The van der Waals surface area contributed by atoms with Gasteiger partial charge in [-0.15, -0.1) is 0 Å². The number of hydrogen-bond acceptors (Lipinski definition) is 4. The minimum atomic E-state index is -1.19. The molecular weight excluding hydrogens is 224 g/mol. The van der Waals surface area contributed by atoms with Crippen molar-refractivity contribution in [2.75, 3.05) is 0 Å². The summed E-state index contributed by atoms with van der Waals surface area (Å²) in [5.41, 5.74) is 0.592. The monoisotopic (exact) mass is 238 g/mol. The molecule has 6 nitrogen and oxygen atoms in total. The van der Waals surface area contributed by atoms with Crippen molar-refractivity contribution in [3.63, 3.8) is 0 Å². The Hall–Kier alpha value is -2.08. The second-order valence-corrected chi connectivity index (χ2v) is 3.65. The molecule has 6 heteroatoms. The summed E-state index contributed by atoms with van der Waals surface area (Å²) < 4.78 is 0. The van der Waals surface area contributed by atoms with Crippen LogP contribution in [-0.2, 0) is 16.0 Å². The topological polar surface area (TPSA) is 104 Å². The molecule has 17 heavy (non-hydrogen) atoms. The van der Waals surface area contributed by atoms with Crippen LogP contribution in [0.25, 0.3) is 0 Å². The standard InChI is InChI=1S/C11H14N2O4/c1-7(14)13(12)10(11(16)17)6-8-3-2-4-9(15)5-8/h2-5,10,15H,6,12H2,1H3,(H,16,17)/t10-/m0/s1. The largest absolute Gasteiger partial charge is 0.508 e. The first-order valence-corrected chi connectivity index (χ1v) is 4.97. The molecule has 0 spiro atoms. The number of nitrogens with two attached hydrogens (primary N) is 1. The maximum atomic E-state index is 11.0. The number of rotatable bonds is 4. The SMILES string of the molecule is CC(=O)N(N)[C@@H](Cc1cccc(O)c1)C(=O)O. The quantitative estimate of drug-likeness (QED) is 0.392. The number of aliphatic carboxylic acids is 1. The predicted octanol–water partition coefficient (Wildman–Crippen LogP) is 0.110. The van der Waals surface area contributed by atoms with Crippen molar-refractivity contribution in [2.45, 2.75) is 19.4 Å². The summed E-state index contributed by atoms with van der Waals surface area (Å²) in [7, 11) is 0. The maximum Gasteiger partial charge on any atom is 0.328 e. The lowest BCUT2D eigenvalue weighted by atomic mass is 10.1. The summed E-state index contributed by atoms with van der Waals surface area (Å²) in [5, 5.41) is 18.9. The predicted molar refractivity (Wildman–Crippen MR) is 59.9 cm³/mol. The van der Waals surface area contributed by atoms with Crippen LogP contribution in [0.5, 0.6) is 5.75 Å². The van der Waals surface area contributed by atoms with Crippen LogP contribution in [0.4, 0.5) is 0 Å². The van der Waals surface area contributed by atoms with E-state index in [2.05, 4.69) is 0 Å². The number of amides is 1. The van der Waals surface area contributed by atoms with Gasteiger partial charge in [-0.3, -0.25) is 9.80 Å². The molecule has 1 rings (SSSR count). The highest BCUT2D eigenvalue weighted by Gasteiger charge is 2.25. The molecule has 0 aliphatic carbocycles. The van der Waals surface area contributed by atoms with Gasteiger partial charge in [0.15, 0.2) is 0 Å². The van der Waals surface area contributed by atoms with Crippen LogP contribution < -0.4 is 5.84 Å². The van der Waals surface area contributed by atoms with Crippen molar-refractivity contribution in [1.82, 2.24) is 5.01 Å². The molecule has 92 valence electrons. The lowest BCUT2D eigenvalue weighted by Gasteiger charge is -2.22. The summed E-state index contributed by atoms with van der Waals surface area (Å²) in [5.74, 6) is 3.71. The highest BCUT2D eigenvalue weighted by atomic mass is 16.4. The molecule has 0 unspecified atom stereocenters. The second-order valence-electron chi connectivity index (χ2n) is 3.65. The number of hydrogen-bond donors (Lipinski definition) is 3. The van der Waals surface area contributed by atoms with E-state index in [9.17, 15) is 14.7 Å². The van der Waals surface area contributed by atoms with Gasteiger partial charge in [-0.1, -0.05) is 12.1 Å². The number of benzene rings is 1. The number of hydrazine groups is 1. The van der Waals surface area contributed by atoms with Gasteiger partial charge >= 0.3 is 5.97 Å². The Balaban J connectivity index is 2.88. The first kappa shape index (κ1) is 13.0. The lowest BCUT2D eigenvalue weighted by Crippen LogP contribution is -2.49. The fourth-order valence-electron chi connectivity index (χ4n) is 1.43. The molecule has 0 bridgehead atoms. The van der Waals surface area contributed by atoms with Crippen molar-refractivity contribution in [2.24, 2.45) is 5.84 Å². The summed E-state index contributed by atoms with van der Waals surface area (Å²) in [6.07, 6.45) is 0.0415. The van der Waals surface area contributed by atoms with E-state index in [1.54, 1.807) is 12.1 Å². The van der Waals surface area contributed by atoms with E-state index in [-0.39, 0.29) is 12.2 Å². The second kappa shape index (κ2) is 5.31. The lowest BCUT2D eigenvalue weighted by molar-refractivity contribution is -0.149. The molecule has 1 atom stereocenters. The minimum Gasteiger partial charge on any atom is -0.508 e. The van der Waals surface area contributed by atoms with Gasteiger partial charge in [0.2, 0.25) is 5.91 Å². The molecule has 0 radical (unpaired) electrons. The average molecular weight is 238 g/mol. The van der Waals surface area contributed by atoms with Crippen molar-refractivity contribution in [3.8, 4) is 5.75 Å². The van der Waals surface area contributed by atoms with Gasteiger partial charge < -0.3 is 10.2 Å². The Morgan fingerprint density at radius 3 is 2.59 bits per heavy atom. The Morgan fingerprint density at radius 1 is 1.47 bits per heavy atom. The van der Waals surface area contributed by atoms with E-state index in [1.165, 1.54) is 19.1 Å². The van der Waals surface area contributed by atoms with Crippen LogP contribution in [0, 0.1) is 0 Å². The highest BCUT2D eigenvalue weighted by molar-refractivity contribution is 5.82. The van der Waals surface area contributed by atoms with Gasteiger partial charge in [-0.25, -0.2) is 10.6 Å². The Bertz CT molecular complexity index is 433. The third-order valence-electron chi connectivity index (χ3n) is 2.32. The average Bonchev–Trinajstić information content (AvgIpc) is 2.24. The summed E-state index contributed by atoms with van der Waals surface area (Å²) in [6.45, 7) is 1.19. The molecule has 0 aromatic heterocycles. The number of carboxylic acid groups (broad SMARTS) is 1. The number of carboxylic acids is 1. The van der Waals surface area contributed by atoms with Crippen molar-refractivity contribution < 1.29 is 19.8 Å². The number of carbonyl (C=O) groups is 2. The first-order valence-electron chi connectivity index (χ1n) is 4.97. The maximum absolute atomic E-state index is 11.0. The number of phenolic OH excluding ortho intramolecular Hbond substituents is 1. The van der Waals surface area contributed by atoms with E-state index in [0.717, 1.165) is 0 Å². The zero-order valence-corrected chi connectivity index (χ0v) is 9.33. The fourth-order valence-corrected chi connectivity index (χ4v) is 1.43. The van der Waals surface area contributed by atoms with Crippen LogP contribution >= 0.6 is 0 Å². The number of nitrogens with zero attached hydrogens (tertiary/aromatic N) is 1. The van der Waals surface area contributed by atoms with E-state index in [4.69, 9.17) is 10.9 Å². The molecule has 0 aliphatic heterocycles. The fraction of sp³-hybridized carbons (Fsp3) is 0.273. The highest BCUT2D eigenvalue weighted by Crippen LogP contribution is 2.14. The Morgan fingerprint density at radius 2 is 2.12 bits per heavy atom. The number of aromatic hydroxyl groups is 1. The van der Waals surface area contributed by atoms with Gasteiger partial charge in [0.25, 0.3) is 0 Å². The molecule has 0 heterocycles. The van der Waals surface area contributed by atoms with Gasteiger partial charge in [-0.05, 0) is 17.7 Å². The number of phenols is 1. The van der Waals surface area contributed by atoms with Crippen LogP contribution in [-0.4, -0.2) is 33.1 Å². The first-order chi connectivity index (χ1) is 7.91. The third kappa shape index (κ3) is 3.46. The summed E-state index contributed by atoms with van der Waals surface area (Å²) in [6, 6.07) is 5.02. The molecule has 0 saturated heterocycles. The van der Waals surface area contributed by atoms with Gasteiger partial charge in [0.1, 0.15) is 11.8 Å². The zero-order chi connectivity index (χ0) is 13.0. The van der Waals surface area contributed by atoms with E-state index in [1.807, 2.05) is 0 Å². The molecular formula is C11H14N2O4. The Labute approximate surface area is 98.2 Å². The zero-order valence-electron chi connectivity index (χ0n) is 9.33.